The van der Waals surface area contributed by atoms with Gasteiger partial charge < -0.3 is 14.5 Å². The Morgan fingerprint density at radius 1 is 1.29 bits per heavy atom. The van der Waals surface area contributed by atoms with Crippen LogP contribution in [0, 0.1) is 5.82 Å². The largest absolute Gasteiger partial charge is 0.497 e. The fraction of sp³-hybridized carbons (Fsp3) is 0.333. The third-order valence-electron chi connectivity index (χ3n) is 5.29. The van der Waals surface area contributed by atoms with Crippen molar-refractivity contribution in [2.24, 2.45) is 0 Å². The summed E-state index contributed by atoms with van der Waals surface area (Å²) in [5, 5.41) is 0. The molecule has 0 aromatic heterocycles. The summed E-state index contributed by atoms with van der Waals surface area (Å²) < 4.78 is 19.6. The Morgan fingerprint density at radius 2 is 2.07 bits per heavy atom. The Balaban J connectivity index is 1.85. The second kappa shape index (κ2) is 7.13. The van der Waals surface area contributed by atoms with Crippen molar-refractivity contribution in [1.29, 1.82) is 0 Å². The highest BCUT2D eigenvalue weighted by molar-refractivity contribution is 8.01. The van der Waals surface area contributed by atoms with Crippen LogP contribution in [-0.4, -0.2) is 36.1 Å². The lowest BCUT2D eigenvalue weighted by atomic mass is 10.0. The summed E-state index contributed by atoms with van der Waals surface area (Å²) in [6.07, 6.45) is 0.322. The van der Waals surface area contributed by atoms with E-state index in [0.717, 1.165) is 5.56 Å². The summed E-state index contributed by atoms with van der Waals surface area (Å²) in [4.78, 5) is 28.5. The number of nitrogens with zero attached hydrogens (tertiary/aromatic N) is 2. The molecule has 1 atom stereocenters. The van der Waals surface area contributed by atoms with Crippen LogP contribution in [0.15, 0.2) is 42.5 Å². The summed E-state index contributed by atoms with van der Waals surface area (Å²) in [6.45, 7) is 2.41. The maximum Gasteiger partial charge on any atom is 0.268 e. The molecule has 1 saturated heterocycles. The van der Waals surface area contributed by atoms with Gasteiger partial charge in [0.1, 0.15) is 11.6 Å². The highest BCUT2D eigenvalue weighted by atomic mass is 32.2. The van der Waals surface area contributed by atoms with E-state index in [0.29, 0.717) is 35.7 Å². The first-order valence-electron chi connectivity index (χ1n) is 9.21. The molecule has 0 bridgehead atoms. The number of thioether (sulfide) groups is 1. The molecule has 0 aliphatic carbocycles. The molecular formula is C21H21FN2O3S. The Kier molecular flexibility index (Phi) is 4.79. The van der Waals surface area contributed by atoms with Crippen LogP contribution in [0.1, 0.15) is 24.5 Å². The molecule has 5 nitrogen and oxygen atoms in total. The van der Waals surface area contributed by atoms with Crippen molar-refractivity contribution in [1.82, 2.24) is 4.90 Å². The minimum Gasteiger partial charge on any atom is -0.497 e. The minimum absolute atomic E-state index is 0.0696. The molecule has 0 N–H and O–H groups in total. The van der Waals surface area contributed by atoms with Gasteiger partial charge in [-0.3, -0.25) is 9.59 Å². The Labute approximate surface area is 167 Å². The molecule has 4 rings (SSSR count). The first-order valence-corrected chi connectivity index (χ1v) is 10.2. The van der Waals surface area contributed by atoms with Crippen molar-refractivity contribution in [3.05, 3.63) is 59.4 Å². The van der Waals surface area contributed by atoms with E-state index in [9.17, 15) is 14.0 Å². The van der Waals surface area contributed by atoms with E-state index >= 15 is 0 Å². The highest BCUT2D eigenvalue weighted by Gasteiger charge is 2.59. The van der Waals surface area contributed by atoms with Crippen LogP contribution in [0.3, 0.4) is 0 Å². The fourth-order valence-corrected chi connectivity index (χ4v) is 5.39. The number of halogens is 1. The molecule has 2 amide bonds. The van der Waals surface area contributed by atoms with Crippen molar-refractivity contribution in [2.75, 3.05) is 24.3 Å². The number of carbonyl (C=O) groups is 2. The van der Waals surface area contributed by atoms with Gasteiger partial charge in [0.15, 0.2) is 4.87 Å². The Hall–Kier alpha value is -2.54. The normalized spacial score (nSPS) is 20.8. The van der Waals surface area contributed by atoms with Gasteiger partial charge in [-0.05, 0) is 24.3 Å². The van der Waals surface area contributed by atoms with Gasteiger partial charge >= 0.3 is 0 Å². The van der Waals surface area contributed by atoms with E-state index in [4.69, 9.17) is 4.74 Å². The van der Waals surface area contributed by atoms with E-state index in [1.165, 1.54) is 17.8 Å². The van der Waals surface area contributed by atoms with Gasteiger partial charge in [0.05, 0.1) is 19.3 Å². The zero-order chi connectivity index (χ0) is 19.9. The zero-order valence-corrected chi connectivity index (χ0v) is 16.6. The van der Waals surface area contributed by atoms with E-state index in [1.54, 1.807) is 48.1 Å². The topological polar surface area (TPSA) is 49.9 Å². The van der Waals surface area contributed by atoms with Crippen LogP contribution in [0.4, 0.5) is 10.1 Å². The number of amides is 2. The number of ether oxygens (including phenoxy) is 1. The zero-order valence-electron chi connectivity index (χ0n) is 15.8. The van der Waals surface area contributed by atoms with Gasteiger partial charge in [-0.2, -0.15) is 0 Å². The number of rotatable bonds is 4. The molecule has 28 heavy (non-hydrogen) atoms. The molecule has 2 aromatic rings. The van der Waals surface area contributed by atoms with Crippen molar-refractivity contribution in [3.8, 4) is 5.75 Å². The average molecular weight is 400 g/mol. The monoisotopic (exact) mass is 400 g/mol. The molecule has 2 aliphatic rings. The van der Waals surface area contributed by atoms with Crippen molar-refractivity contribution in [3.63, 3.8) is 0 Å². The third kappa shape index (κ3) is 2.68. The number of hydrogen-bond donors (Lipinski definition) is 0. The van der Waals surface area contributed by atoms with E-state index in [1.807, 2.05) is 12.1 Å². The number of hydrogen-bond acceptors (Lipinski definition) is 4. The number of carbonyl (C=O) groups excluding carboxylic acids is 2. The first kappa shape index (κ1) is 18.8. The van der Waals surface area contributed by atoms with Crippen LogP contribution in [0.5, 0.6) is 5.75 Å². The lowest BCUT2D eigenvalue weighted by Gasteiger charge is -2.33. The summed E-state index contributed by atoms with van der Waals surface area (Å²) in [6, 6.07) is 11.9. The van der Waals surface area contributed by atoms with Gasteiger partial charge in [-0.15, -0.1) is 11.8 Å². The predicted molar refractivity (Wildman–Crippen MR) is 107 cm³/mol. The maximum atomic E-state index is 14.3. The lowest BCUT2D eigenvalue weighted by Crippen LogP contribution is -2.50. The fourth-order valence-electron chi connectivity index (χ4n) is 3.92. The minimum atomic E-state index is -1.11. The van der Waals surface area contributed by atoms with Gasteiger partial charge in [0, 0.05) is 29.8 Å². The maximum absolute atomic E-state index is 14.3. The molecule has 2 heterocycles. The molecular weight excluding hydrogens is 379 g/mol. The van der Waals surface area contributed by atoms with Crippen LogP contribution in [0.2, 0.25) is 0 Å². The van der Waals surface area contributed by atoms with Gasteiger partial charge in [0.25, 0.3) is 5.91 Å². The van der Waals surface area contributed by atoms with Crippen molar-refractivity contribution >= 4 is 29.3 Å². The number of benzene rings is 2. The molecule has 7 heteroatoms. The molecule has 2 aliphatic heterocycles. The lowest BCUT2D eigenvalue weighted by molar-refractivity contribution is -0.139. The number of methoxy groups -OCH3 is 1. The molecule has 1 spiro atoms. The van der Waals surface area contributed by atoms with Gasteiger partial charge in [0.2, 0.25) is 5.91 Å². The van der Waals surface area contributed by atoms with Gasteiger partial charge in [-0.25, -0.2) is 4.39 Å². The molecule has 0 saturated carbocycles. The molecule has 0 radical (unpaired) electrons. The Morgan fingerprint density at radius 3 is 2.79 bits per heavy atom. The van der Waals surface area contributed by atoms with Crippen LogP contribution in [0.25, 0.3) is 0 Å². The number of fused-ring (bicyclic) bond motifs is 2. The quantitative estimate of drug-likeness (QED) is 0.788. The molecule has 0 unspecified atom stereocenters. The SMILES string of the molecule is CCC(=O)N1CCS[C@@]12C(=O)N(Cc1ccccc1F)c1ccc(OC)cc12. The van der Waals surface area contributed by atoms with Gasteiger partial charge in [-0.1, -0.05) is 25.1 Å². The van der Waals surface area contributed by atoms with E-state index in [-0.39, 0.29) is 24.2 Å². The predicted octanol–water partition coefficient (Wildman–Crippen LogP) is 3.52. The standard InChI is InChI=1S/C21H21FN2O3S/c1-3-19(25)24-10-11-28-21(24)16-12-15(27-2)8-9-18(16)23(20(21)26)13-14-6-4-5-7-17(14)22/h4-9,12H,3,10-11,13H2,1-2H3/t21-/m0/s1. The number of anilines is 1. The summed E-state index contributed by atoms with van der Waals surface area (Å²) in [7, 11) is 1.57. The van der Waals surface area contributed by atoms with E-state index in [2.05, 4.69) is 0 Å². The smallest absolute Gasteiger partial charge is 0.268 e. The second-order valence-corrected chi connectivity index (χ2v) is 8.04. The Bertz CT molecular complexity index is 951. The van der Waals surface area contributed by atoms with Crippen molar-refractivity contribution < 1.29 is 18.7 Å². The first-order chi connectivity index (χ1) is 13.5. The molecule has 1 fully saturated rings. The van der Waals surface area contributed by atoms with Crippen LogP contribution < -0.4 is 9.64 Å². The highest BCUT2D eigenvalue weighted by Crippen LogP contribution is 2.55. The molecule has 2 aromatic carbocycles. The summed E-state index contributed by atoms with van der Waals surface area (Å²) >= 11 is 1.46. The second-order valence-electron chi connectivity index (χ2n) is 6.76. The van der Waals surface area contributed by atoms with Crippen molar-refractivity contribution in [2.45, 2.75) is 24.8 Å². The summed E-state index contributed by atoms with van der Waals surface area (Å²) in [5.74, 6) is 0.659. The summed E-state index contributed by atoms with van der Waals surface area (Å²) in [5.41, 5.74) is 1.86. The molecule has 146 valence electrons. The van der Waals surface area contributed by atoms with Crippen LogP contribution >= 0.6 is 11.8 Å². The van der Waals surface area contributed by atoms with Crippen LogP contribution in [-0.2, 0) is 21.0 Å². The van der Waals surface area contributed by atoms with E-state index < -0.39 is 4.87 Å². The third-order valence-corrected chi connectivity index (χ3v) is 6.71. The average Bonchev–Trinajstić information content (AvgIpc) is 3.26.